The first-order valence-electron chi connectivity index (χ1n) is 4.96. The topological polar surface area (TPSA) is 96.4 Å². The van der Waals surface area contributed by atoms with Gasteiger partial charge in [-0.05, 0) is 34.1 Å². The Hall–Kier alpha value is -1.16. The first-order chi connectivity index (χ1) is 9.29. The van der Waals surface area contributed by atoms with Gasteiger partial charge in [0.2, 0.25) is 0 Å². The van der Waals surface area contributed by atoms with Crippen LogP contribution in [0.5, 0.6) is 0 Å². The van der Waals surface area contributed by atoms with Gasteiger partial charge in [0.15, 0.2) is 0 Å². The molecule has 0 aliphatic rings. The lowest BCUT2D eigenvalue weighted by Gasteiger charge is -2.06. The lowest BCUT2D eigenvalue weighted by Crippen LogP contribution is -2.12. The molecule has 6 nitrogen and oxygen atoms in total. The zero-order valence-electron chi connectivity index (χ0n) is 9.50. The molecule has 20 heavy (non-hydrogen) atoms. The van der Waals surface area contributed by atoms with Crippen LogP contribution in [0.3, 0.4) is 0 Å². The fourth-order valence-electron chi connectivity index (χ4n) is 1.32. The number of anilines is 1. The second-order valence-electron chi connectivity index (χ2n) is 3.53. The average molecular weight is 398 g/mol. The van der Waals surface area contributed by atoms with E-state index in [1.807, 2.05) is 0 Å². The predicted octanol–water partition coefficient (Wildman–Crippen LogP) is 3.06. The van der Waals surface area contributed by atoms with Gasteiger partial charge in [-0.15, -0.1) is 11.3 Å². The van der Waals surface area contributed by atoms with Crippen molar-refractivity contribution in [3.8, 4) is 0 Å². The van der Waals surface area contributed by atoms with Crippen LogP contribution in [0.15, 0.2) is 33.1 Å². The highest BCUT2D eigenvalue weighted by Crippen LogP contribution is 2.32. The van der Waals surface area contributed by atoms with E-state index in [0.29, 0.717) is 0 Å². The quantitative estimate of drug-likeness (QED) is 0.773. The number of thiophene rings is 1. The van der Waals surface area contributed by atoms with Crippen molar-refractivity contribution in [2.24, 2.45) is 0 Å². The SMILES string of the molecule is O=C(O)c1cc(S(=O)(=O)Nc2ccnc(Cl)c2)c(Br)s1. The average Bonchev–Trinajstić information content (AvgIpc) is 2.71. The first kappa shape index (κ1) is 15.2. The summed E-state index contributed by atoms with van der Waals surface area (Å²) in [7, 11) is -3.91. The highest BCUT2D eigenvalue weighted by Gasteiger charge is 2.23. The standard InChI is InChI=1S/C10H6BrClN2O4S2/c11-9-7(4-6(19-9)10(15)16)20(17,18)14-5-1-2-13-8(12)3-5/h1-4H,(H,13,14)(H,15,16). The van der Waals surface area contributed by atoms with E-state index in [1.165, 1.54) is 18.3 Å². The molecule has 2 aromatic rings. The van der Waals surface area contributed by atoms with Crippen molar-refractivity contribution >= 4 is 60.5 Å². The molecule has 0 aliphatic carbocycles. The molecular formula is C10H6BrClN2O4S2. The van der Waals surface area contributed by atoms with Crippen LogP contribution in [0.2, 0.25) is 5.15 Å². The van der Waals surface area contributed by atoms with Crippen LogP contribution in [0.4, 0.5) is 5.69 Å². The summed E-state index contributed by atoms with van der Waals surface area (Å²) in [5.74, 6) is -1.19. The maximum Gasteiger partial charge on any atom is 0.345 e. The Bertz CT molecular complexity index is 775. The molecule has 0 saturated heterocycles. The highest BCUT2D eigenvalue weighted by molar-refractivity contribution is 9.11. The van der Waals surface area contributed by atoms with E-state index in [1.54, 1.807) is 0 Å². The monoisotopic (exact) mass is 396 g/mol. The third-order valence-electron chi connectivity index (χ3n) is 2.13. The number of carbonyl (C=O) groups is 1. The maximum atomic E-state index is 12.2. The number of aromatic nitrogens is 1. The lowest BCUT2D eigenvalue weighted by molar-refractivity contribution is 0.0702. The molecule has 0 amide bonds. The van der Waals surface area contributed by atoms with E-state index in [0.717, 1.165) is 17.4 Å². The third-order valence-corrected chi connectivity index (χ3v) is 5.96. The number of carboxylic acid groups (broad SMARTS) is 1. The van der Waals surface area contributed by atoms with Gasteiger partial charge in [-0.3, -0.25) is 4.72 Å². The molecule has 2 heterocycles. The van der Waals surface area contributed by atoms with Gasteiger partial charge in [-0.1, -0.05) is 11.6 Å². The van der Waals surface area contributed by atoms with E-state index in [-0.39, 0.29) is 24.4 Å². The van der Waals surface area contributed by atoms with Crippen LogP contribution in [0.25, 0.3) is 0 Å². The van der Waals surface area contributed by atoms with Crippen molar-refractivity contribution < 1.29 is 18.3 Å². The van der Waals surface area contributed by atoms with Gasteiger partial charge in [-0.2, -0.15) is 0 Å². The molecule has 0 spiro atoms. The summed E-state index contributed by atoms with van der Waals surface area (Å²) in [6.07, 6.45) is 1.35. The summed E-state index contributed by atoms with van der Waals surface area (Å²) in [5, 5.41) is 9.00. The van der Waals surface area contributed by atoms with Crippen LogP contribution in [0, 0.1) is 0 Å². The molecule has 0 aromatic carbocycles. The largest absolute Gasteiger partial charge is 0.477 e. The summed E-state index contributed by atoms with van der Waals surface area (Å²) >= 11 is 9.54. The molecule has 0 unspecified atom stereocenters. The molecule has 0 aliphatic heterocycles. The van der Waals surface area contributed by atoms with E-state index >= 15 is 0 Å². The zero-order valence-corrected chi connectivity index (χ0v) is 13.5. The van der Waals surface area contributed by atoms with Gasteiger partial charge in [0.25, 0.3) is 10.0 Å². The number of pyridine rings is 1. The summed E-state index contributed by atoms with van der Waals surface area (Å²) in [4.78, 5) is 14.4. The lowest BCUT2D eigenvalue weighted by atomic mass is 10.4. The van der Waals surface area contributed by atoms with Gasteiger partial charge in [0.1, 0.15) is 14.9 Å². The molecular weight excluding hydrogens is 392 g/mol. The number of aromatic carboxylic acids is 1. The third kappa shape index (κ3) is 3.29. The van der Waals surface area contributed by atoms with Crippen molar-refractivity contribution in [2.45, 2.75) is 4.90 Å². The number of hydrogen-bond donors (Lipinski definition) is 2. The summed E-state index contributed by atoms with van der Waals surface area (Å²) < 4.78 is 26.9. The van der Waals surface area contributed by atoms with E-state index in [2.05, 4.69) is 25.6 Å². The van der Waals surface area contributed by atoms with Crippen molar-refractivity contribution in [3.05, 3.63) is 38.2 Å². The minimum Gasteiger partial charge on any atom is -0.477 e. The van der Waals surface area contributed by atoms with E-state index < -0.39 is 16.0 Å². The van der Waals surface area contributed by atoms with Crippen LogP contribution >= 0.6 is 38.9 Å². The number of nitrogens with zero attached hydrogens (tertiary/aromatic N) is 1. The van der Waals surface area contributed by atoms with Gasteiger partial charge in [-0.25, -0.2) is 18.2 Å². The number of sulfonamides is 1. The van der Waals surface area contributed by atoms with Crippen LogP contribution in [-0.2, 0) is 10.0 Å². The van der Waals surface area contributed by atoms with Crippen LogP contribution < -0.4 is 4.72 Å². The minimum absolute atomic E-state index is 0.0787. The Morgan fingerprint density at radius 1 is 1.45 bits per heavy atom. The Labute approximate surface area is 131 Å². The molecule has 0 radical (unpaired) electrons. The van der Waals surface area contributed by atoms with Gasteiger partial charge in [0, 0.05) is 6.20 Å². The summed E-state index contributed by atoms with van der Waals surface area (Å²) in [6.45, 7) is 0. The van der Waals surface area contributed by atoms with Gasteiger partial charge < -0.3 is 5.11 Å². The predicted molar refractivity (Wildman–Crippen MR) is 79.0 cm³/mol. The second kappa shape index (κ2) is 5.68. The second-order valence-corrected chi connectivity index (χ2v) is 7.93. The number of nitrogens with one attached hydrogen (secondary N) is 1. The molecule has 0 fully saturated rings. The molecule has 2 rings (SSSR count). The van der Waals surface area contributed by atoms with Gasteiger partial charge >= 0.3 is 5.97 Å². The smallest absolute Gasteiger partial charge is 0.345 e. The van der Waals surface area contributed by atoms with E-state index in [4.69, 9.17) is 16.7 Å². The molecule has 2 N–H and O–H groups in total. The van der Waals surface area contributed by atoms with Crippen LogP contribution in [0.1, 0.15) is 9.67 Å². The molecule has 10 heteroatoms. The number of rotatable bonds is 4. The van der Waals surface area contributed by atoms with Crippen molar-refractivity contribution in [1.82, 2.24) is 4.98 Å². The number of carboxylic acids is 1. The van der Waals surface area contributed by atoms with Crippen molar-refractivity contribution in [2.75, 3.05) is 4.72 Å². The summed E-state index contributed by atoms with van der Waals surface area (Å²) in [5.41, 5.74) is 0.236. The Kier molecular flexibility index (Phi) is 4.33. The van der Waals surface area contributed by atoms with Crippen LogP contribution in [-0.4, -0.2) is 24.5 Å². The normalized spacial score (nSPS) is 11.3. The van der Waals surface area contributed by atoms with Gasteiger partial charge in [0.05, 0.1) is 9.47 Å². The molecule has 0 atom stereocenters. The fraction of sp³-hybridized carbons (Fsp3) is 0. The first-order valence-corrected chi connectivity index (χ1v) is 8.43. The molecule has 0 bridgehead atoms. The maximum absolute atomic E-state index is 12.2. The van der Waals surface area contributed by atoms with Crippen molar-refractivity contribution in [3.63, 3.8) is 0 Å². The Balaban J connectivity index is 2.38. The Morgan fingerprint density at radius 2 is 2.15 bits per heavy atom. The Morgan fingerprint density at radius 3 is 2.70 bits per heavy atom. The molecule has 106 valence electrons. The molecule has 0 saturated carbocycles. The fourth-order valence-corrected chi connectivity index (χ4v) is 4.94. The highest BCUT2D eigenvalue weighted by atomic mass is 79.9. The molecule has 2 aromatic heterocycles. The van der Waals surface area contributed by atoms with E-state index in [9.17, 15) is 13.2 Å². The summed E-state index contributed by atoms with van der Waals surface area (Å²) in [6, 6.07) is 3.86. The minimum atomic E-state index is -3.91. The van der Waals surface area contributed by atoms with Crippen molar-refractivity contribution in [1.29, 1.82) is 0 Å². The zero-order chi connectivity index (χ0) is 14.9. The number of hydrogen-bond acceptors (Lipinski definition) is 5. The number of halogens is 2.